The average Bonchev–Trinajstić information content (AvgIpc) is 3.08. The van der Waals surface area contributed by atoms with Crippen LogP contribution in [-0.4, -0.2) is 41.9 Å². The van der Waals surface area contributed by atoms with Crippen molar-refractivity contribution in [2.24, 2.45) is 0 Å². The van der Waals surface area contributed by atoms with Crippen LogP contribution in [0.25, 0.3) is 11.0 Å². The van der Waals surface area contributed by atoms with Crippen LogP contribution in [0.3, 0.4) is 0 Å². The molecule has 0 amide bonds. The van der Waals surface area contributed by atoms with Crippen molar-refractivity contribution in [1.82, 2.24) is 15.0 Å². The highest BCUT2D eigenvalue weighted by atomic mass is 31.2. The summed E-state index contributed by atoms with van der Waals surface area (Å²) in [6.07, 6.45) is 2.54. The lowest BCUT2D eigenvalue weighted by molar-refractivity contribution is 0.417. The summed E-state index contributed by atoms with van der Waals surface area (Å²) in [6.45, 7) is 6.21. The van der Waals surface area contributed by atoms with Gasteiger partial charge in [0.05, 0.1) is 23.7 Å². The van der Waals surface area contributed by atoms with E-state index in [-0.39, 0.29) is 0 Å². The minimum atomic E-state index is -2.40. The van der Waals surface area contributed by atoms with Crippen LogP contribution in [0.15, 0.2) is 24.4 Å². The lowest BCUT2D eigenvalue weighted by atomic mass is 10.2. The molecule has 8 nitrogen and oxygen atoms in total. The molecule has 9 heteroatoms. The van der Waals surface area contributed by atoms with E-state index >= 15 is 0 Å². The Balaban J connectivity index is 2.03. The minimum absolute atomic E-state index is 0.361. The number of benzene rings is 1. The van der Waals surface area contributed by atoms with Crippen LogP contribution >= 0.6 is 7.14 Å². The number of hydrogen-bond acceptors (Lipinski definition) is 7. The Labute approximate surface area is 163 Å². The Bertz CT molecular complexity index is 1100. The molecule has 0 saturated carbocycles. The predicted octanol–water partition coefficient (Wildman–Crippen LogP) is 3.65. The van der Waals surface area contributed by atoms with Gasteiger partial charge in [0.15, 0.2) is 0 Å². The number of anilines is 3. The van der Waals surface area contributed by atoms with Crippen LogP contribution in [0, 0.1) is 11.3 Å². The summed E-state index contributed by atoms with van der Waals surface area (Å²) >= 11 is 0. The van der Waals surface area contributed by atoms with Crippen molar-refractivity contribution in [2.75, 3.05) is 37.6 Å². The fourth-order valence-corrected chi connectivity index (χ4v) is 3.65. The van der Waals surface area contributed by atoms with Crippen molar-refractivity contribution >= 4 is 40.9 Å². The van der Waals surface area contributed by atoms with Gasteiger partial charge in [-0.25, -0.2) is 0 Å². The van der Waals surface area contributed by atoms with E-state index in [9.17, 15) is 9.83 Å². The van der Waals surface area contributed by atoms with E-state index < -0.39 is 7.14 Å². The number of fused-ring (bicyclic) bond motifs is 1. The zero-order chi connectivity index (χ0) is 20.3. The molecule has 28 heavy (non-hydrogen) atoms. The standard InChI is InChI=1S/C19H23N6O2P/c1-5-8-21-17-16-12(10-20)11-22-18(16)25-19(24-17)23-14-7-6-13(28(3,4)26)9-15(14)27-2/h6-7,9,11H,5,8H2,1-4H3,(H3,21,22,23,24,25). The van der Waals surface area contributed by atoms with Crippen molar-refractivity contribution in [3.63, 3.8) is 0 Å². The molecule has 3 rings (SSSR count). The first-order valence-corrected chi connectivity index (χ1v) is 11.5. The molecule has 0 saturated heterocycles. The Morgan fingerprint density at radius 2 is 2.11 bits per heavy atom. The summed E-state index contributed by atoms with van der Waals surface area (Å²) in [5, 5.41) is 17.1. The Kier molecular flexibility index (Phi) is 5.57. The van der Waals surface area contributed by atoms with Gasteiger partial charge in [-0.05, 0) is 37.9 Å². The van der Waals surface area contributed by atoms with Crippen molar-refractivity contribution < 1.29 is 9.30 Å². The van der Waals surface area contributed by atoms with Gasteiger partial charge in [-0.3, -0.25) is 0 Å². The first-order chi connectivity index (χ1) is 13.4. The van der Waals surface area contributed by atoms with Crippen molar-refractivity contribution in [1.29, 1.82) is 5.26 Å². The molecule has 0 unspecified atom stereocenters. The van der Waals surface area contributed by atoms with Crippen LogP contribution < -0.4 is 20.7 Å². The molecular weight excluding hydrogens is 375 g/mol. The van der Waals surface area contributed by atoms with Gasteiger partial charge in [-0.15, -0.1) is 0 Å². The highest BCUT2D eigenvalue weighted by Gasteiger charge is 2.17. The molecule has 0 atom stereocenters. The third-order valence-corrected chi connectivity index (χ3v) is 5.77. The molecule has 0 spiro atoms. The molecule has 0 bridgehead atoms. The van der Waals surface area contributed by atoms with Gasteiger partial charge >= 0.3 is 0 Å². The van der Waals surface area contributed by atoms with E-state index in [0.717, 1.165) is 18.3 Å². The minimum Gasteiger partial charge on any atom is -0.495 e. The van der Waals surface area contributed by atoms with E-state index in [4.69, 9.17) is 4.74 Å². The number of nitrogens with zero attached hydrogens (tertiary/aromatic N) is 3. The summed E-state index contributed by atoms with van der Waals surface area (Å²) in [5.41, 5.74) is 1.71. The second kappa shape index (κ2) is 7.91. The number of aromatic nitrogens is 3. The van der Waals surface area contributed by atoms with Gasteiger partial charge in [0, 0.05) is 18.0 Å². The van der Waals surface area contributed by atoms with Crippen LogP contribution in [0.2, 0.25) is 0 Å². The van der Waals surface area contributed by atoms with Crippen molar-refractivity contribution in [2.45, 2.75) is 13.3 Å². The maximum Gasteiger partial charge on any atom is 0.231 e. The van der Waals surface area contributed by atoms with Gasteiger partial charge in [0.2, 0.25) is 5.95 Å². The number of methoxy groups -OCH3 is 1. The monoisotopic (exact) mass is 398 g/mol. The molecule has 3 N–H and O–H groups in total. The fraction of sp³-hybridized carbons (Fsp3) is 0.316. The van der Waals surface area contributed by atoms with Crippen molar-refractivity contribution in [3.8, 4) is 11.8 Å². The number of rotatable bonds is 7. The molecule has 0 aliphatic carbocycles. The maximum atomic E-state index is 12.3. The Morgan fingerprint density at radius 1 is 1.32 bits per heavy atom. The van der Waals surface area contributed by atoms with E-state index in [1.807, 2.05) is 6.07 Å². The summed E-state index contributed by atoms with van der Waals surface area (Å²) in [4.78, 5) is 12.0. The third kappa shape index (κ3) is 3.95. The lowest BCUT2D eigenvalue weighted by Crippen LogP contribution is -2.08. The number of nitriles is 1. The quantitative estimate of drug-likeness (QED) is 0.520. The number of nitrogens with one attached hydrogen (secondary N) is 3. The number of aromatic amines is 1. The van der Waals surface area contributed by atoms with Gasteiger partial charge < -0.3 is 24.9 Å². The third-order valence-electron chi connectivity index (χ3n) is 4.25. The molecule has 2 aromatic heterocycles. The molecule has 0 fully saturated rings. The highest BCUT2D eigenvalue weighted by Crippen LogP contribution is 2.38. The van der Waals surface area contributed by atoms with Gasteiger partial charge in [-0.2, -0.15) is 15.2 Å². The van der Waals surface area contributed by atoms with Gasteiger partial charge in [0.1, 0.15) is 30.4 Å². The van der Waals surface area contributed by atoms with Crippen LogP contribution in [0.5, 0.6) is 5.75 Å². The normalized spacial score (nSPS) is 11.2. The Morgan fingerprint density at radius 3 is 2.75 bits per heavy atom. The van der Waals surface area contributed by atoms with E-state index in [0.29, 0.717) is 39.8 Å². The van der Waals surface area contributed by atoms with E-state index in [1.54, 1.807) is 38.8 Å². The van der Waals surface area contributed by atoms with Crippen LogP contribution in [-0.2, 0) is 4.57 Å². The predicted molar refractivity (Wildman–Crippen MR) is 113 cm³/mol. The molecule has 0 aliphatic rings. The largest absolute Gasteiger partial charge is 0.495 e. The van der Waals surface area contributed by atoms with Gasteiger partial charge in [-0.1, -0.05) is 6.92 Å². The summed E-state index contributed by atoms with van der Waals surface area (Å²) in [6, 6.07) is 7.53. The highest BCUT2D eigenvalue weighted by molar-refractivity contribution is 7.70. The first kappa shape index (κ1) is 19.7. The molecule has 0 aliphatic heterocycles. The van der Waals surface area contributed by atoms with Crippen LogP contribution in [0.1, 0.15) is 18.9 Å². The zero-order valence-corrected chi connectivity index (χ0v) is 17.2. The number of ether oxygens (including phenoxy) is 1. The second-order valence-electron chi connectivity index (χ2n) is 6.72. The van der Waals surface area contributed by atoms with E-state index in [1.165, 1.54) is 0 Å². The van der Waals surface area contributed by atoms with E-state index in [2.05, 4.69) is 38.6 Å². The molecule has 1 aromatic carbocycles. The lowest BCUT2D eigenvalue weighted by Gasteiger charge is -2.14. The molecule has 146 valence electrons. The smallest absolute Gasteiger partial charge is 0.231 e. The van der Waals surface area contributed by atoms with Crippen LogP contribution in [0.4, 0.5) is 17.5 Å². The fourth-order valence-electron chi connectivity index (χ4n) is 2.79. The number of H-pyrrole nitrogens is 1. The topological polar surface area (TPSA) is 116 Å². The van der Waals surface area contributed by atoms with Crippen molar-refractivity contribution in [3.05, 3.63) is 30.0 Å². The molecule has 2 heterocycles. The summed E-state index contributed by atoms with van der Waals surface area (Å²) < 4.78 is 17.8. The summed E-state index contributed by atoms with van der Waals surface area (Å²) in [5.74, 6) is 1.51. The Hall–Kier alpha value is -3.04. The molecule has 3 aromatic rings. The SMILES string of the molecule is CCCNc1nc(Nc2ccc(P(C)(C)=O)cc2OC)nc2[nH]cc(C#N)c12. The van der Waals surface area contributed by atoms with Gasteiger partial charge in [0.25, 0.3) is 0 Å². The maximum absolute atomic E-state index is 12.3. The average molecular weight is 398 g/mol. The first-order valence-electron chi connectivity index (χ1n) is 8.91. The number of hydrogen-bond donors (Lipinski definition) is 3. The molecular formula is C19H23N6O2P. The summed E-state index contributed by atoms with van der Waals surface area (Å²) in [7, 11) is -0.840. The molecule has 0 radical (unpaired) electrons. The second-order valence-corrected chi connectivity index (χ2v) is 9.94. The zero-order valence-electron chi connectivity index (χ0n) is 16.3.